The topological polar surface area (TPSA) is 38.8 Å². The molecule has 1 amide bonds. The van der Waals surface area contributed by atoms with Crippen LogP contribution in [0.5, 0.6) is 0 Å². The SMILES string of the molecule is COCCOCC(=O)N(C)CCSC. The van der Waals surface area contributed by atoms with Crippen LogP contribution in [0, 0.1) is 0 Å². The van der Waals surface area contributed by atoms with Crippen LogP contribution in [0.4, 0.5) is 0 Å². The molecular formula is C9H19NO3S. The highest BCUT2D eigenvalue weighted by molar-refractivity contribution is 7.98. The van der Waals surface area contributed by atoms with Crippen LogP contribution in [0.2, 0.25) is 0 Å². The van der Waals surface area contributed by atoms with Crippen molar-refractivity contribution >= 4 is 17.7 Å². The molecule has 0 N–H and O–H groups in total. The molecular weight excluding hydrogens is 202 g/mol. The summed E-state index contributed by atoms with van der Waals surface area (Å²) >= 11 is 1.72. The number of amides is 1. The van der Waals surface area contributed by atoms with E-state index < -0.39 is 0 Å². The third-order valence-corrected chi connectivity index (χ3v) is 2.30. The number of hydrogen-bond acceptors (Lipinski definition) is 4. The van der Waals surface area contributed by atoms with E-state index in [1.54, 1.807) is 30.8 Å². The van der Waals surface area contributed by atoms with Crippen LogP contribution in [-0.4, -0.2) is 63.3 Å². The van der Waals surface area contributed by atoms with Gasteiger partial charge < -0.3 is 14.4 Å². The number of carbonyl (C=O) groups is 1. The van der Waals surface area contributed by atoms with E-state index in [9.17, 15) is 4.79 Å². The fraction of sp³-hybridized carbons (Fsp3) is 0.889. The van der Waals surface area contributed by atoms with Crippen LogP contribution in [0.15, 0.2) is 0 Å². The molecule has 0 radical (unpaired) electrons. The minimum atomic E-state index is 0.0233. The zero-order valence-corrected chi connectivity index (χ0v) is 9.93. The monoisotopic (exact) mass is 221 g/mol. The van der Waals surface area contributed by atoms with Crippen LogP contribution < -0.4 is 0 Å². The Labute approximate surface area is 89.9 Å². The van der Waals surface area contributed by atoms with Gasteiger partial charge in [-0.05, 0) is 6.26 Å². The number of nitrogens with zero attached hydrogens (tertiary/aromatic N) is 1. The first-order chi connectivity index (χ1) is 6.72. The number of methoxy groups -OCH3 is 1. The maximum atomic E-state index is 11.4. The average molecular weight is 221 g/mol. The van der Waals surface area contributed by atoms with Gasteiger partial charge in [-0.15, -0.1) is 0 Å². The Bertz CT molecular complexity index is 155. The first kappa shape index (κ1) is 13.7. The van der Waals surface area contributed by atoms with Gasteiger partial charge in [0.15, 0.2) is 0 Å². The molecule has 0 aliphatic carbocycles. The Morgan fingerprint density at radius 2 is 2.14 bits per heavy atom. The van der Waals surface area contributed by atoms with Crippen molar-refractivity contribution < 1.29 is 14.3 Å². The van der Waals surface area contributed by atoms with Crippen molar-refractivity contribution in [3.63, 3.8) is 0 Å². The standard InChI is InChI=1S/C9H19NO3S/c1-10(4-7-14-3)9(11)8-13-6-5-12-2/h4-8H2,1-3H3. The second kappa shape index (κ2) is 9.30. The molecule has 0 fully saturated rings. The Balaban J connectivity index is 3.42. The van der Waals surface area contributed by atoms with Crippen molar-refractivity contribution in [3.8, 4) is 0 Å². The van der Waals surface area contributed by atoms with Gasteiger partial charge in [0.05, 0.1) is 13.2 Å². The van der Waals surface area contributed by atoms with E-state index in [0.717, 1.165) is 12.3 Å². The van der Waals surface area contributed by atoms with Gasteiger partial charge in [-0.2, -0.15) is 11.8 Å². The van der Waals surface area contributed by atoms with Crippen molar-refractivity contribution in [3.05, 3.63) is 0 Å². The third kappa shape index (κ3) is 7.17. The highest BCUT2D eigenvalue weighted by atomic mass is 32.2. The quantitative estimate of drug-likeness (QED) is 0.559. The number of likely N-dealkylation sites (N-methyl/N-ethyl adjacent to an activating group) is 1. The molecule has 0 aromatic rings. The molecule has 0 aromatic heterocycles. The van der Waals surface area contributed by atoms with Gasteiger partial charge in [0, 0.05) is 26.5 Å². The second-order valence-corrected chi connectivity index (χ2v) is 3.84. The Morgan fingerprint density at radius 3 is 2.71 bits per heavy atom. The predicted molar refractivity (Wildman–Crippen MR) is 58.7 cm³/mol. The van der Waals surface area contributed by atoms with E-state index >= 15 is 0 Å². The molecule has 0 atom stereocenters. The summed E-state index contributed by atoms with van der Waals surface area (Å²) in [6, 6.07) is 0. The summed E-state index contributed by atoms with van der Waals surface area (Å²) in [6.45, 7) is 1.92. The lowest BCUT2D eigenvalue weighted by molar-refractivity contribution is -0.134. The highest BCUT2D eigenvalue weighted by Gasteiger charge is 2.07. The lowest BCUT2D eigenvalue weighted by Gasteiger charge is -2.16. The summed E-state index contributed by atoms with van der Waals surface area (Å²) in [5, 5.41) is 0. The van der Waals surface area contributed by atoms with Gasteiger partial charge in [-0.1, -0.05) is 0 Å². The fourth-order valence-electron chi connectivity index (χ4n) is 0.765. The number of rotatable bonds is 8. The van der Waals surface area contributed by atoms with E-state index in [1.807, 2.05) is 6.26 Å². The average Bonchev–Trinajstić information content (AvgIpc) is 2.20. The van der Waals surface area contributed by atoms with Crippen molar-refractivity contribution in [1.29, 1.82) is 0 Å². The van der Waals surface area contributed by atoms with E-state index in [-0.39, 0.29) is 12.5 Å². The molecule has 0 rings (SSSR count). The molecule has 0 saturated carbocycles. The summed E-state index contributed by atoms with van der Waals surface area (Å²) in [4.78, 5) is 13.0. The first-order valence-electron chi connectivity index (χ1n) is 4.52. The minimum Gasteiger partial charge on any atom is -0.382 e. The molecule has 0 unspecified atom stereocenters. The Hall–Kier alpha value is -0.260. The lowest BCUT2D eigenvalue weighted by Crippen LogP contribution is -2.32. The van der Waals surface area contributed by atoms with Crippen LogP contribution >= 0.6 is 11.8 Å². The summed E-state index contributed by atoms with van der Waals surface area (Å²) in [5.74, 6) is 0.982. The van der Waals surface area contributed by atoms with Crippen molar-refractivity contribution in [2.24, 2.45) is 0 Å². The molecule has 5 heteroatoms. The van der Waals surface area contributed by atoms with Gasteiger partial charge in [0.25, 0.3) is 0 Å². The number of carbonyl (C=O) groups excluding carboxylic acids is 1. The smallest absolute Gasteiger partial charge is 0.248 e. The summed E-state index contributed by atoms with van der Waals surface area (Å²) < 4.78 is 9.91. The zero-order valence-electron chi connectivity index (χ0n) is 9.12. The zero-order chi connectivity index (χ0) is 10.8. The molecule has 0 saturated heterocycles. The largest absolute Gasteiger partial charge is 0.382 e. The molecule has 0 aliphatic heterocycles. The van der Waals surface area contributed by atoms with Gasteiger partial charge >= 0.3 is 0 Å². The van der Waals surface area contributed by atoms with Gasteiger partial charge in [0.1, 0.15) is 6.61 Å². The first-order valence-corrected chi connectivity index (χ1v) is 5.91. The maximum absolute atomic E-state index is 11.4. The maximum Gasteiger partial charge on any atom is 0.248 e. The molecule has 0 aromatic carbocycles. The molecule has 0 aliphatic rings. The molecule has 0 bridgehead atoms. The second-order valence-electron chi connectivity index (χ2n) is 2.85. The van der Waals surface area contributed by atoms with Gasteiger partial charge in [-0.3, -0.25) is 4.79 Å². The Kier molecular flexibility index (Phi) is 9.13. The van der Waals surface area contributed by atoms with E-state index in [4.69, 9.17) is 9.47 Å². The fourth-order valence-corrected chi connectivity index (χ4v) is 1.22. The van der Waals surface area contributed by atoms with Crippen LogP contribution in [0.25, 0.3) is 0 Å². The lowest BCUT2D eigenvalue weighted by atomic mass is 10.5. The van der Waals surface area contributed by atoms with Crippen LogP contribution in [-0.2, 0) is 14.3 Å². The van der Waals surface area contributed by atoms with Crippen LogP contribution in [0.3, 0.4) is 0 Å². The summed E-state index contributed by atoms with van der Waals surface area (Å²) in [7, 11) is 3.40. The van der Waals surface area contributed by atoms with Crippen molar-refractivity contribution in [2.75, 3.05) is 52.5 Å². The summed E-state index contributed by atoms with van der Waals surface area (Å²) in [6.07, 6.45) is 2.02. The summed E-state index contributed by atoms with van der Waals surface area (Å²) in [5.41, 5.74) is 0. The van der Waals surface area contributed by atoms with E-state index in [1.165, 1.54) is 0 Å². The molecule has 4 nitrogen and oxygen atoms in total. The molecule has 0 spiro atoms. The van der Waals surface area contributed by atoms with Gasteiger partial charge in [-0.25, -0.2) is 0 Å². The van der Waals surface area contributed by atoms with Crippen molar-refractivity contribution in [1.82, 2.24) is 4.90 Å². The number of hydrogen-bond donors (Lipinski definition) is 0. The number of thioether (sulfide) groups is 1. The molecule has 0 heterocycles. The molecule has 14 heavy (non-hydrogen) atoms. The highest BCUT2D eigenvalue weighted by Crippen LogP contribution is 1.94. The predicted octanol–water partition coefficient (Wildman–Crippen LogP) is 0.471. The Morgan fingerprint density at radius 1 is 1.43 bits per heavy atom. The van der Waals surface area contributed by atoms with E-state index in [2.05, 4.69) is 0 Å². The third-order valence-electron chi connectivity index (χ3n) is 1.71. The van der Waals surface area contributed by atoms with Crippen LogP contribution in [0.1, 0.15) is 0 Å². The minimum absolute atomic E-state index is 0.0233. The molecule has 84 valence electrons. The number of ether oxygens (including phenoxy) is 2. The van der Waals surface area contributed by atoms with E-state index in [0.29, 0.717) is 13.2 Å². The normalized spacial score (nSPS) is 10.2. The van der Waals surface area contributed by atoms with Gasteiger partial charge in [0.2, 0.25) is 5.91 Å². The van der Waals surface area contributed by atoms with Crippen molar-refractivity contribution in [2.45, 2.75) is 0 Å².